The van der Waals surface area contributed by atoms with Crippen molar-refractivity contribution in [3.8, 4) is 0 Å². The predicted molar refractivity (Wildman–Crippen MR) is 51.9 cm³/mol. The molecular formula is C9H10N2O3. The van der Waals surface area contributed by atoms with Crippen LogP contribution in [0.3, 0.4) is 0 Å². The zero-order valence-electron chi connectivity index (χ0n) is 7.57. The summed E-state index contributed by atoms with van der Waals surface area (Å²) in [4.78, 5) is 21.0. The van der Waals surface area contributed by atoms with E-state index in [4.69, 9.17) is 10.8 Å². The van der Waals surface area contributed by atoms with Crippen molar-refractivity contribution < 1.29 is 14.7 Å². The highest BCUT2D eigenvalue weighted by atomic mass is 16.4. The lowest BCUT2D eigenvalue weighted by atomic mass is 10.2. The standard InChI is InChI=1S/C9H10N2O3/c1-5-4-6(2-3-7(5)10)11-8(12)9(13)14/h2-4H,10H2,1H3,(H,11,12)(H,13,14). The number of amides is 1. The highest BCUT2D eigenvalue weighted by Crippen LogP contribution is 2.16. The summed E-state index contributed by atoms with van der Waals surface area (Å²) in [5.41, 5.74) is 7.35. The molecule has 0 saturated carbocycles. The van der Waals surface area contributed by atoms with Crippen molar-refractivity contribution in [3.05, 3.63) is 23.8 Å². The highest BCUT2D eigenvalue weighted by Gasteiger charge is 2.10. The first-order valence-corrected chi connectivity index (χ1v) is 3.91. The molecule has 0 aliphatic heterocycles. The molecule has 0 spiro atoms. The number of aryl methyl sites for hydroxylation is 1. The van der Waals surface area contributed by atoms with E-state index in [0.717, 1.165) is 5.56 Å². The number of carbonyl (C=O) groups is 2. The van der Waals surface area contributed by atoms with Crippen LogP contribution < -0.4 is 11.1 Å². The van der Waals surface area contributed by atoms with Gasteiger partial charge in [-0.15, -0.1) is 0 Å². The number of carboxylic acid groups (broad SMARTS) is 1. The second-order valence-corrected chi connectivity index (χ2v) is 2.83. The van der Waals surface area contributed by atoms with E-state index in [1.165, 1.54) is 0 Å². The Morgan fingerprint density at radius 1 is 1.43 bits per heavy atom. The monoisotopic (exact) mass is 194 g/mol. The third kappa shape index (κ3) is 2.22. The molecule has 0 aliphatic rings. The van der Waals surface area contributed by atoms with Crippen LogP contribution in [0, 0.1) is 6.92 Å². The SMILES string of the molecule is Cc1cc(NC(=O)C(=O)O)ccc1N. The minimum Gasteiger partial charge on any atom is -0.474 e. The number of rotatable bonds is 1. The maximum atomic E-state index is 10.8. The Balaban J connectivity index is 2.83. The Hall–Kier alpha value is -2.04. The summed E-state index contributed by atoms with van der Waals surface area (Å²) in [5, 5.41) is 10.5. The van der Waals surface area contributed by atoms with E-state index < -0.39 is 11.9 Å². The lowest BCUT2D eigenvalue weighted by molar-refractivity contribution is -0.147. The number of nitrogen functional groups attached to an aromatic ring is 1. The summed E-state index contributed by atoms with van der Waals surface area (Å²) in [7, 11) is 0. The van der Waals surface area contributed by atoms with Crippen LogP contribution in [-0.2, 0) is 9.59 Å². The number of hydrogen-bond acceptors (Lipinski definition) is 3. The Kier molecular flexibility index (Phi) is 2.71. The maximum absolute atomic E-state index is 10.8. The summed E-state index contributed by atoms with van der Waals surface area (Å²) < 4.78 is 0. The van der Waals surface area contributed by atoms with Crippen molar-refractivity contribution in [3.63, 3.8) is 0 Å². The molecule has 1 rings (SSSR count). The van der Waals surface area contributed by atoms with Crippen molar-refractivity contribution in [2.24, 2.45) is 0 Å². The Bertz CT molecular complexity index is 388. The molecule has 0 fully saturated rings. The van der Waals surface area contributed by atoms with E-state index in [-0.39, 0.29) is 0 Å². The zero-order valence-corrected chi connectivity index (χ0v) is 7.57. The van der Waals surface area contributed by atoms with Crippen LogP contribution in [0.5, 0.6) is 0 Å². The smallest absolute Gasteiger partial charge is 0.394 e. The number of carbonyl (C=O) groups excluding carboxylic acids is 1. The van der Waals surface area contributed by atoms with Gasteiger partial charge in [-0.3, -0.25) is 4.79 Å². The normalized spacial score (nSPS) is 9.50. The summed E-state index contributed by atoms with van der Waals surface area (Å²) in [6.45, 7) is 1.77. The second-order valence-electron chi connectivity index (χ2n) is 2.83. The number of anilines is 2. The first kappa shape index (κ1) is 10.0. The molecular weight excluding hydrogens is 184 g/mol. The molecule has 0 heterocycles. The zero-order chi connectivity index (χ0) is 10.7. The van der Waals surface area contributed by atoms with Crippen molar-refractivity contribution in [2.75, 3.05) is 11.1 Å². The van der Waals surface area contributed by atoms with Crippen molar-refractivity contribution in [2.45, 2.75) is 6.92 Å². The molecule has 1 amide bonds. The van der Waals surface area contributed by atoms with E-state index >= 15 is 0 Å². The van der Waals surface area contributed by atoms with Gasteiger partial charge in [0.1, 0.15) is 0 Å². The summed E-state index contributed by atoms with van der Waals surface area (Å²) in [5.74, 6) is -2.58. The molecule has 0 atom stereocenters. The van der Waals surface area contributed by atoms with Crippen LogP contribution in [0.4, 0.5) is 11.4 Å². The van der Waals surface area contributed by atoms with E-state index in [9.17, 15) is 9.59 Å². The fraction of sp³-hybridized carbons (Fsp3) is 0.111. The van der Waals surface area contributed by atoms with Gasteiger partial charge in [-0.25, -0.2) is 4.79 Å². The van der Waals surface area contributed by atoms with E-state index in [1.54, 1.807) is 25.1 Å². The number of benzene rings is 1. The first-order chi connectivity index (χ1) is 6.50. The minimum absolute atomic E-state index is 0.420. The molecule has 0 unspecified atom stereocenters. The van der Waals surface area contributed by atoms with Gasteiger partial charge in [0.25, 0.3) is 0 Å². The molecule has 74 valence electrons. The van der Waals surface area contributed by atoms with Crippen molar-refractivity contribution in [1.82, 2.24) is 0 Å². The molecule has 4 N–H and O–H groups in total. The molecule has 0 saturated heterocycles. The second kappa shape index (κ2) is 3.78. The number of hydrogen-bond donors (Lipinski definition) is 3. The average molecular weight is 194 g/mol. The molecule has 0 aliphatic carbocycles. The van der Waals surface area contributed by atoms with Gasteiger partial charge >= 0.3 is 11.9 Å². The highest BCUT2D eigenvalue weighted by molar-refractivity contribution is 6.36. The van der Waals surface area contributed by atoms with E-state index in [0.29, 0.717) is 11.4 Å². The number of nitrogens with one attached hydrogen (secondary N) is 1. The molecule has 0 bridgehead atoms. The maximum Gasteiger partial charge on any atom is 0.394 e. The van der Waals surface area contributed by atoms with Crippen LogP contribution >= 0.6 is 0 Å². The Morgan fingerprint density at radius 2 is 2.07 bits per heavy atom. The van der Waals surface area contributed by atoms with Gasteiger partial charge in [-0.2, -0.15) is 0 Å². The quantitative estimate of drug-likeness (QED) is 0.451. The van der Waals surface area contributed by atoms with Gasteiger partial charge in [0.15, 0.2) is 0 Å². The van der Waals surface area contributed by atoms with Crippen LogP contribution in [0.25, 0.3) is 0 Å². The van der Waals surface area contributed by atoms with Crippen LogP contribution in [0.1, 0.15) is 5.56 Å². The van der Waals surface area contributed by atoms with Crippen LogP contribution in [-0.4, -0.2) is 17.0 Å². The van der Waals surface area contributed by atoms with Crippen molar-refractivity contribution in [1.29, 1.82) is 0 Å². The third-order valence-corrected chi connectivity index (χ3v) is 1.72. The number of nitrogens with two attached hydrogens (primary N) is 1. The van der Waals surface area contributed by atoms with E-state index in [1.807, 2.05) is 0 Å². The van der Waals surface area contributed by atoms with Gasteiger partial charge in [-0.1, -0.05) is 0 Å². The fourth-order valence-corrected chi connectivity index (χ4v) is 0.938. The summed E-state index contributed by atoms with van der Waals surface area (Å²) >= 11 is 0. The first-order valence-electron chi connectivity index (χ1n) is 3.91. The molecule has 14 heavy (non-hydrogen) atoms. The molecule has 1 aromatic rings. The largest absolute Gasteiger partial charge is 0.474 e. The predicted octanol–water partition coefficient (Wildman–Crippen LogP) is 0.600. The van der Waals surface area contributed by atoms with Crippen molar-refractivity contribution >= 4 is 23.3 Å². The topological polar surface area (TPSA) is 92.4 Å². The lowest BCUT2D eigenvalue weighted by Crippen LogP contribution is -2.21. The molecule has 5 heteroatoms. The van der Waals surface area contributed by atoms with Gasteiger partial charge in [0.05, 0.1) is 0 Å². The molecule has 5 nitrogen and oxygen atoms in total. The Labute approximate surface area is 80.5 Å². The third-order valence-electron chi connectivity index (χ3n) is 1.72. The van der Waals surface area contributed by atoms with Gasteiger partial charge in [0, 0.05) is 11.4 Å². The summed E-state index contributed by atoms with van der Waals surface area (Å²) in [6, 6.07) is 4.76. The minimum atomic E-state index is -1.51. The summed E-state index contributed by atoms with van der Waals surface area (Å²) in [6.07, 6.45) is 0. The molecule has 0 aromatic heterocycles. The van der Waals surface area contributed by atoms with Crippen LogP contribution in [0.2, 0.25) is 0 Å². The fourth-order valence-electron chi connectivity index (χ4n) is 0.938. The van der Waals surface area contributed by atoms with E-state index in [2.05, 4.69) is 5.32 Å². The molecule has 0 radical (unpaired) electrons. The lowest BCUT2D eigenvalue weighted by Gasteiger charge is -2.04. The molecule has 1 aromatic carbocycles. The number of carboxylic acids is 1. The van der Waals surface area contributed by atoms with Gasteiger partial charge < -0.3 is 16.2 Å². The van der Waals surface area contributed by atoms with Crippen LogP contribution in [0.15, 0.2) is 18.2 Å². The number of aliphatic carboxylic acids is 1. The Morgan fingerprint density at radius 3 is 2.57 bits per heavy atom. The van der Waals surface area contributed by atoms with Gasteiger partial charge in [0.2, 0.25) is 0 Å². The van der Waals surface area contributed by atoms with Gasteiger partial charge in [-0.05, 0) is 30.7 Å². The average Bonchev–Trinajstić information content (AvgIpc) is 2.11.